The van der Waals surface area contributed by atoms with E-state index in [0.29, 0.717) is 0 Å². The molecule has 3 aromatic heterocycles. The zero-order valence-electron chi connectivity index (χ0n) is 32.2. The summed E-state index contributed by atoms with van der Waals surface area (Å²) >= 11 is 1.85. The molecule has 4 heteroatoms. The number of benzene rings is 10. The first-order chi connectivity index (χ1) is 29.7. The van der Waals surface area contributed by atoms with Gasteiger partial charge >= 0.3 is 0 Å². The molecule has 0 bridgehead atoms. The van der Waals surface area contributed by atoms with Gasteiger partial charge in [-0.3, -0.25) is 0 Å². The molecular weight excluding hydrogens is 751 g/mol. The van der Waals surface area contributed by atoms with Crippen LogP contribution < -0.4 is 4.90 Å². The second-order valence-corrected chi connectivity index (χ2v) is 16.7. The molecule has 0 saturated carbocycles. The molecule has 0 amide bonds. The molecule has 13 aromatic rings. The van der Waals surface area contributed by atoms with Crippen LogP contribution in [0.5, 0.6) is 0 Å². The molecule has 0 fully saturated rings. The molecule has 0 aliphatic heterocycles. The van der Waals surface area contributed by atoms with Gasteiger partial charge < -0.3 is 13.7 Å². The van der Waals surface area contributed by atoms with Gasteiger partial charge in [0, 0.05) is 64.2 Å². The van der Waals surface area contributed by atoms with Crippen molar-refractivity contribution < 1.29 is 8.83 Å². The molecule has 0 N–H and O–H groups in total. The van der Waals surface area contributed by atoms with Crippen molar-refractivity contribution in [3.8, 4) is 22.3 Å². The monoisotopic (exact) mass is 783 g/mol. The first-order valence-electron chi connectivity index (χ1n) is 20.3. The number of hydrogen-bond donors (Lipinski definition) is 0. The lowest BCUT2D eigenvalue weighted by molar-refractivity contribution is 0.669. The summed E-state index contributed by atoms with van der Waals surface area (Å²) in [4.78, 5) is 2.42. The molecule has 3 nitrogen and oxygen atoms in total. The summed E-state index contributed by atoms with van der Waals surface area (Å²) in [6.07, 6.45) is 0. The number of nitrogens with zero attached hydrogens (tertiary/aromatic N) is 1. The van der Waals surface area contributed by atoms with E-state index in [2.05, 4.69) is 181 Å². The smallest absolute Gasteiger partial charge is 0.143 e. The summed E-state index contributed by atoms with van der Waals surface area (Å²) in [5.74, 6) is 0. The summed E-state index contributed by atoms with van der Waals surface area (Å²) in [5.41, 5.74) is 11.5. The van der Waals surface area contributed by atoms with E-state index in [4.69, 9.17) is 8.83 Å². The average Bonchev–Trinajstić information content (AvgIpc) is 4.01. The van der Waals surface area contributed by atoms with E-state index in [9.17, 15) is 0 Å². The maximum absolute atomic E-state index is 6.45. The molecule has 0 atom stereocenters. The van der Waals surface area contributed by atoms with E-state index in [-0.39, 0.29) is 0 Å². The van der Waals surface area contributed by atoms with Crippen LogP contribution in [0.4, 0.5) is 17.1 Å². The Kier molecular flexibility index (Phi) is 7.18. The molecule has 3 heterocycles. The zero-order chi connectivity index (χ0) is 39.3. The van der Waals surface area contributed by atoms with E-state index >= 15 is 0 Å². The third-order valence-corrected chi connectivity index (χ3v) is 13.4. The van der Waals surface area contributed by atoms with Gasteiger partial charge in [-0.25, -0.2) is 0 Å². The minimum absolute atomic E-state index is 0.906. The topological polar surface area (TPSA) is 29.5 Å². The van der Waals surface area contributed by atoms with Gasteiger partial charge in [0.25, 0.3) is 0 Å². The Labute approximate surface area is 348 Å². The highest BCUT2D eigenvalue weighted by Gasteiger charge is 2.20. The molecule has 280 valence electrons. The van der Waals surface area contributed by atoms with Crippen LogP contribution in [-0.2, 0) is 0 Å². The van der Waals surface area contributed by atoms with Crippen molar-refractivity contribution in [3.05, 3.63) is 200 Å². The van der Waals surface area contributed by atoms with E-state index in [1.807, 2.05) is 35.6 Å². The van der Waals surface area contributed by atoms with Crippen LogP contribution in [0.15, 0.2) is 209 Å². The third-order valence-electron chi connectivity index (χ3n) is 12.3. The number of thiophene rings is 1. The third kappa shape index (κ3) is 5.01. The van der Waals surface area contributed by atoms with Crippen LogP contribution in [-0.4, -0.2) is 0 Å². The second-order valence-electron chi connectivity index (χ2n) is 15.6. The summed E-state index contributed by atoms with van der Waals surface area (Å²) in [7, 11) is 0. The first-order valence-corrected chi connectivity index (χ1v) is 21.1. The Morgan fingerprint density at radius 1 is 0.350 bits per heavy atom. The molecule has 0 aliphatic carbocycles. The highest BCUT2D eigenvalue weighted by molar-refractivity contribution is 7.26. The second kappa shape index (κ2) is 12.9. The van der Waals surface area contributed by atoms with E-state index in [0.717, 1.165) is 83.2 Å². The fourth-order valence-electron chi connectivity index (χ4n) is 9.47. The number of furan rings is 2. The van der Waals surface area contributed by atoms with Crippen molar-refractivity contribution >= 4 is 114 Å². The van der Waals surface area contributed by atoms with Gasteiger partial charge in [0.2, 0.25) is 0 Å². The number of anilines is 3. The number of hydrogen-bond acceptors (Lipinski definition) is 4. The van der Waals surface area contributed by atoms with E-state index in [1.165, 1.54) is 41.7 Å². The average molecular weight is 784 g/mol. The van der Waals surface area contributed by atoms with Crippen LogP contribution in [0.2, 0.25) is 0 Å². The van der Waals surface area contributed by atoms with Crippen LogP contribution in [0.1, 0.15) is 0 Å². The molecule has 0 spiro atoms. The Balaban J connectivity index is 0.952. The summed E-state index contributed by atoms with van der Waals surface area (Å²) in [6.45, 7) is 0. The minimum atomic E-state index is 0.906. The van der Waals surface area contributed by atoms with Gasteiger partial charge in [-0.05, 0) is 93.3 Å². The van der Waals surface area contributed by atoms with Crippen molar-refractivity contribution in [2.24, 2.45) is 0 Å². The number of para-hydroxylation sites is 4. The van der Waals surface area contributed by atoms with Gasteiger partial charge in [0.1, 0.15) is 22.3 Å². The Hall–Kier alpha value is -7.66. The van der Waals surface area contributed by atoms with Crippen LogP contribution in [0.3, 0.4) is 0 Å². The normalized spacial score (nSPS) is 12.0. The minimum Gasteiger partial charge on any atom is -0.455 e. The molecule has 60 heavy (non-hydrogen) atoms. The maximum atomic E-state index is 6.45. The van der Waals surface area contributed by atoms with Gasteiger partial charge in [0.05, 0.1) is 5.69 Å². The Morgan fingerprint density at radius 3 is 1.60 bits per heavy atom. The lowest BCUT2D eigenvalue weighted by Crippen LogP contribution is -2.10. The van der Waals surface area contributed by atoms with Crippen molar-refractivity contribution in [2.75, 3.05) is 4.90 Å². The summed E-state index contributed by atoms with van der Waals surface area (Å²) in [6, 6.07) is 72.1. The largest absolute Gasteiger partial charge is 0.455 e. The zero-order valence-corrected chi connectivity index (χ0v) is 33.0. The van der Waals surface area contributed by atoms with Gasteiger partial charge in [-0.15, -0.1) is 11.3 Å². The lowest BCUT2D eigenvalue weighted by atomic mass is 9.96. The summed E-state index contributed by atoms with van der Waals surface area (Å²) in [5, 5.41) is 11.9. The lowest BCUT2D eigenvalue weighted by Gasteiger charge is -2.27. The molecule has 0 saturated heterocycles. The SMILES string of the molecule is c1ccc2c(c1)oc1c(-c3ccc(N(c4ccc5c(ccc6cc(-c7cccc8c7oc7ccccc78)ccc65)c4)c4cccc5sc6ccccc6c45)cc3)cccc12. The van der Waals surface area contributed by atoms with Gasteiger partial charge in [-0.2, -0.15) is 0 Å². The highest BCUT2D eigenvalue weighted by Crippen LogP contribution is 2.46. The maximum Gasteiger partial charge on any atom is 0.143 e. The fraction of sp³-hybridized carbons (Fsp3) is 0. The molecule has 10 aromatic carbocycles. The van der Waals surface area contributed by atoms with Crippen molar-refractivity contribution in [1.82, 2.24) is 0 Å². The predicted molar refractivity (Wildman–Crippen MR) is 254 cm³/mol. The summed E-state index contributed by atoms with van der Waals surface area (Å²) < 4.78 is 15.4. The molecular formula is C56H33NO2S. The van der Waals surface area contributed by atoms with E-state index < -0.39 is 0 Å². The molecule has 0 radical (unpaired) electrons. The van der Waals surface area contributed by atoms with Crippen molar-refractivity contribution in [3.63, 3.8) is 0 Å². The molecule has 0 unspecified atom stereocenters. The quantitative estimate of drug-likeness (QED) is 0.163. The molecule has 0 aliphatic rings. The van der Waals surface area contributed by atoms with Gasteiger partial charge in [-0.1, -0.05) is 140 Å². The standard InChI is InChI=1S/C56H33NO2S/c1-4-18-50-44(10-1)46-15-7-13-42(55(46)58-50)34-24-27-38(28-25-34)57(49-17-9-21-53-54(49)48-12-3-6-20-52(48)60-53)39-29-31-41-37(33-39)23-22-35-32-36(26-30-40(35)41)43-14-8-16-47-45-11-2-5-19-51(45)59-56(43)47/h1-33H. The van der Waals surface area contributed by atoms with Crippen molar-refractivity contribution in [2.45, 2.75) is 0 Å². The van der Waals surface area contributed by atoms with E-state index in [1.54, 1.807) is 0 Å². The predicted octanol–water partition coefficient (Wildman–Crippen LogP) is 17.0. The Bertz CT molecular complexity index is 3850. The van der Waals surface area contributed by atoms with Crippen LogP contribution in [0.25, 0.3) is 108 Å². The van der Waals surface area contributed by atoms with Crippen molar-refractivity contribution in [1.29, 1.82) is 0 Å². The first kappa shape index (κ1) is 33.3. The Morgan fingerprint density at radius 2 is 0.883 bits per heavy atom. The van der Waals surface area contributed by atoms with Gasteiger partial charge in [0.15, 0.2) is 0 Å². The molecule has 13 rings (SSSR count). The number of rotatable bonds is 5. The highest BCUT2D eigenvalue weighted by atomic mass is 32.1. The number of fused-ring (bicyclic) bond motifs is 12. The van der Waals surface area contributed by atoms with Crippen LogP contribution in [0, 0.1) is 0 Å². The fourth-order valence-corrected chi connectivity index (χ4v) is 10.6. The van der Waals surface area contributed by atoms with Crippen LogP contribution >= 0.6 is 11.3 Å².